The highest BCUT2D eigenvalue weighted by Gasteiger charge is 2.36. The largest absolute Gasteiger partial charge is 0.504 e. The highest BCUT2D eigenvalue weighted by Crippen LogP contribution is 2.43. The van der Waals surface area contributed by atoms with Crippen molar-refractivity contribution in [1.82, 2.24) is 5.32 Å². The van der Waals surface area contributed by atoms with Crippen LogP contribution < -0.4 is 10.1 Å². The summed E-state index contributed by atoms with van der Waals surface area (Å²) in [4.78, 5) is 0. The predicted molar refractivity (Wildman–Crippen MR) is 64.4 cm³/mol. The SMILES string of the molecule is COc1c(C(F)(F)F)ccc(CC2CCCN2)c1O. The van der Waals surface area contributed by atoms with Gasteiger partial charge in [0.2, 0.25) is 0 Å². The van der Waals surface area contributed by atoms with Crippen LogP contribution in [-0.2, 0) is 12.6 Å². The summed E-state index contributed by atoms with van der Waals surface area (Å²) in [7, 11) is 1.13. The summed E-state index contributed by atoms with van der Waals surface area (Å²) in [5.41, 5.74) is -0.472. The van der Waals surface area contributed by atoms with Crippen LogP contribution in [0.25, 0.3) is 0 Å². The molecule has 106 valence electrons. The van der Waals surface area contributed by atoms with Crippen molar-refractivity contribution in [2.75, 3.05) is 13.7 Å². The number of phenols is 1. The van der Waals surface area contributed by atoms with Gasteiger partial charge in [0.05, 0.1) is 7.11 Å². The fourth-order valence-electron chi connectivity index (χ4n) is 2.40. The number of aromatic hydroxyl groups is 1. The Kier molecular flexibility index (Phi) is 3.89. The molecule has 1 aromatic rings. The zero-order chi connectivity index (χ0) is 14.0. The van der Waals surface area contributed by atoms with Crippen LogP contribution in [0.15, 0.2) is 12.1 Å². The Morgan fingerprint density at radius 2 is 2.16 bits per heavy atom. The lowest BCUT2D eigenvalue weighted by Gasteiger charge is -2.17. The Hall–Kier alpha value is -1.43. The number of methoxy groups -OCH3 is 1. The van der Waals surface area contributed by atoms with Crippen LogP contribution in [0.4, 0.5) is 13.2 Å². The maximum absolute atomic E-state index is 12.7. The van der Waals surface area contributed by atoms with E-state index in [0.29, 0.717) is 12.0 Å². The molecule has 0 radical (unpaired) electrons. The first-order valence-corrected chi connectivity index (χ1v) is 6.13. The molecule has 6 heteroatoms. The number of phenolic OH excluding ortho intramolecular Hbond substituents is 1. The van der Waals surface area contributed by atoms with E-state index in [2.05, 4.69) is 5.32 Å². The minimum atomic E-state index is -4.53. The Morgan fingerprint density at radius 1 is 1.42 bits per heavy atom. The van der Waals surface area contributed by atoms with Crippen LogP contribution in [0, 0.1) is 0 Å². The number of ether oxygens (including phenoxy) is 1. The molecule has 1 aliphatic heterocycles. The molecule has 1 unspecified atom stereocenters. The first-order valence-electron chi connectivity index (χ1n) is 6.13. The van der Waals surface area contributed by atoms with Crippen molar-refractivity contribution >= 4 is 0 Å². The molecule has 0 aliphatic carbocycles. The van der Waals surface area contributed by atoms with E-state index in [1.54, 1.807) is 0 Å². The lowest BCUT2D eigenvalue weighted by atomic mass is 10.0. The van der Waals surface area contributed by atoms with Crippen LogP contribution >= 0.6 is 0 Å². The number of hydrogen-bond acceptors (Lipinski definition) is 3. The standard InChI is InChI=1S/C13H16F3NO2/c1-19-12-10(13(14,15)16)5-4-8(11(12)18)7-9-3-2-6-17-9/h4-5,9,17-18H,2-3,6-7H2,1H3. The van der Waals surface area contributed by atoms with Crippen LogP contribution in [0.1, 0.15) is 24.0 Å². The van der Waals surface area contributed by atoms with Crippen molar-refractivity contribution < 1.29 is 23.0 Å². The first kappa shape index (κ1) is 14.0. The molecular weight excluding hydrogens is 259 g/mol. The zero-order valence-corrected chi connectivity index (χ0v) is 10.5. The monoisotopic (exact) mass is 275 g/mol. The van der Waals surface area contributed by atoms with E-state index in [9.17, 15) is 18.3 Å². The van der Waals surface area contributed by atoms with Crippen molar-refractivity contribution in [3.8, 4) is 11.5 Å². The molecule has 0 aromatic heterocycles. The number of rotatable bonds is 3. The summed E-state index contributed by atoms with van der Waals surface area (Å²) >= 11 is 0. The molecule has 3 nitrogen and oxygen atoms in total. The van der Waals surface area contributed by atoms with Gasteiger partial charge in [-0.1, -0.05) is 6.07 Å². The van der Waals surface area contributed by atoms with Crippen molar-refractivity contribution in [2.24, 2.45) is 0 Å². The van der Waals surface area contributed by atoms with Crippen molar-refractivity contribution in [2.45, 2.75) is 31.5 Å². The summed E-state index contributed by atoms with van der Waals surface area (Å²) in [5.74, 6) is -0.908. The van der Waals surface area contributed by atoms with E-state index in [-0.39, 0.29) is 6.04 Å². The normalized spacial score (nSPS) is 19.7. The molecule has 0 saturated carbocycles. The van der Waals surface area contributed by atoms with Gasteiger partial charge >= 0.3 is 6.18 Å². The van der Waals surface area contributed by atoms with Gasteiger partial charge in [0.1, 0.15) is 5.56 Å². The molecule has 0 spiro atoms. The van der Waals surface area contributed by atoms with Crippen LogP contribution in [0.3, 0.4) is 0 Å². The maximum atomic E-state index is 12.7. The molecule has 1 saturated heterocycles. The van der Waals surface area contributed by atoms with Gasteiger partial charge in [0.15, 0.2) is 11.5 Å². The third-order valence-corrected chi connectivity index (χ3v) is 3.35. The van der Waals surface area contributed by atoms with E-state index in [4.69, 9.17) is 4.74 Å². The Balaban J connectivity index is 2.31. The van der Waals surface area contributed by atoms with Crippen LogP contribution in [0.2, 0.25) is 0 Å². The molecule has 0 amide bonds. The minimum absolute atomic E-state index is 0.201. The fourth-order valence-corrected chi connectivity index (χ4v) is 2.40. The first-order chi connectivity index (χ1) is 8.93. The third kappa shape index (κ3) is 2.94. The molecule has 1 fully saturated rings. The highest BCUT2D eigenvalue weighted by molar-refractivity contribution is 5.52. The summed E-state index contributed by atoms with van der Waals surface area (Å²) in [6.07, 6.45) is -2.03. The van der Waals surface area contributed by atoms with E-state index >= 15 is 0 Å². The zero-order valence-electron chi connectivity index (χ0n) is 10.5. The molecule has 1 atom stereocenters. The smallest absolute Gasteiger partial charge is 0.420 e. The fraction of sp³-hybridized carbons (Fsp3) is 0.538. The molecule has 1 aromatic carbocycles. The quantitative estimate of drug-likeness (QED) is 0.891. The average molecular weight is 275 g/mol. The molecule has 19 heavy (non-hydrogen) atoms. The summed E-state index contributed by atoms with van der Waals surface area (Å²) < 4.78 is 43.0. The molecule has 0 bridgehead atoms. The summed E-state index contributed by atoms with van der Waals surface area (Å²) in [6.45, 7) is 0.906. The number of alkyl halides is 3. The van der Waals surface area contributed by atoms with Gasteiger partial charge in [-0.05, 0) is 37.4 Å². The van der Waals surface area contributed by atoms with Gasteiger partial charge in [-0.25, -0.2) is 0 Å². The van der Waals surface area contributed by atoms with Crippen molar-refractivity contribution in [1.29, 1.82) is 0 Å². The van der Waals surface area contributed by atoms with E-state index in [0.717, 1.165) is 32.6 Å². The van der Waals surface area contributed by atoms with Gasteiger partial charge in [0.25, 0.3) is 0 Å². The Morgan fingerprint density at radius 3 is 2.68 bits per heavy atom. The Labute approximate surface area is 109 Å². The van der Waals surface area contributed by atoms with Gasteiger partial charge in [0, 0.05) is 6.04 Å². The highest BCUT2D eigenvalue weighted by atomic mass is 19.4. The number of nitrogens with one attached hydrogen (secondary N) is 1. The van der Waals surface area contributed by atoms with Crippen LogP contribution in [-0.4, -0.2) is 24.8 Å². The van der Waals surface area contributed by atoms with Gasteiger partial charge in [-0.3, -0.25) is 0 Å². The van der Waals surface area contributed by atoms with E-state index in [1.165, 1.54) is 6.07 Å². The second-order valence-corrected chi connectivity index (χ2v) is 4.65. The average Bonchev–Trinajstić information content (AvgIpc) is 2.83. The number of benzene rings is 1. The lowest BCUT2D eigenvalue weighted by Crippen LogP contribution is -2.23. The summed E-state index contributed by atoms with van der Waals surface area (Å²) in [6, 6.07) is 2.48. The van der Waals surface area contributed by atoms with E-state index in [1.807, 2.05) is 0 Å². The minimum Gasteiger partial charge on any atom is -0.504 e. The maximum Gasteiger partial charge on any atom is 0.420 e. The molecule has 1 heterocycles. The van der Waals surface area contributed by atoms with Gasteiger partial charge in [-0.15, -0.1) is 0 Å². The second-order valence-electron chi connectivity index (χ2n) is 4.65. The topological polar surface area (TPSA) is 41.5 Å². The summed E-state index contributed by atoms with van der Waals surface area (Å²) in [5, 5.41) is 13.2. The predicted octanol–water partition coefficient (Wildman–Crippen LogP) is 2.71. The molecule has 2 rings (SSSR count). The Bertz CT molecular complexity index is 454. The van der Waals surface area contributed by atoms with Gasteiger partial charge < -0.3 is 15.2 Å². The third-order valence-electron chi connectivity index (χ3n) is 3.35. The second kappa shape index (κ2) is 5.28. The molecule has 1 aliphatic rings. The van der Waals surface area contributed by atoms with Crippen LogP contribution in [0.5, 0.6) is 11.5 Å². The van der Waals surface area contributed by atoms with E-state index < -0.39 is 23.2 Å². The molecular formula is C13H16F3NO2. The number of hydrogen-bond donors (Lipinski definition) is 2. The lowest BCUT2D eigenvalue weighted by molar-refractivity contribution is -0.138. The van der Waals surface area contributed by atoms with Gasteiger partial charge in [-0.2, -0.15) is 13.2 Å². The van der Waals surface area contributed by atoms with Crippen molar-refractivity contribution in [3.63, 3.8) is 0 Å². The molecule has 2 N–H and O–H groups in total. The number of halogens is 3. The van der Waals surface area contributed by atoms with Crippen molar-refractivity contribution in [3.05, 3.63) is 23.3 Å².